The first kappa shape index (κ1) is 40.4. The van der Waals surface area contributed by atoms with E-state index in [1.807, 2.05) is 25.1 Å². The van der Waals surface area contributed by atoms with Gasteiger partial charge in [0.05, 0.1) is 25.7 Å². The lowest BCUT2D eigenvalue weighted by atomic mass is 9.89. The van der Waals surface area contributed by atoms with Crippen molar-refractivity contribution in [3.8, 4) is 11.8 Å². The van der Waals surface area contributed by atoms with Crippen molar-refractivity contribution < 1.29 is 35.3 Å². The Labute approximate surface area is 302 Å². The fraction of sp³-hybridized carbons (Fsp3) is 0.647. The summed E-state index contributed by atoms with van der Waals surface area (Å²) in [6, 6.07) is 4.11. The maximum atomic E-state index is 14.5. The van der Waals surface area contributed by atoms with Gasteiger partial charge in [0, 0.05) is 69.1 Å². The molecule has 2 saturated heterocycles. The SMILES string of the molecule is CCCN(CCC)CC(=O)N1CCN(CCCN(C)c2cc(OS(=O)(=O)F)c3c(c2)C(C(=O)NCC(=O)N2CC(F)(P)CC2C#N)=CCC3)CC1. The lowest BCUT2D eigenvalue weighted by Crippen LogP contribution is -2.51. The van der Waals surface area contributed by atoms with Crippen LogP contribution in [0.15, 0.2) is 18.2 Å². The minimum Gasteiger partial charge on any atom is -0.374 e. The number of piperazine rings is 1. The molecule has 4 rings (SSSR count). The molecule has 1 aromatic rings. The normalized spacial score (nSPS) is 20.8. The molecular formula is C34H50F2N7O6PS. The Morgan fingerprint density at radius 3 is 2.43 bits per heavy atom. The van der Waals surface area contributed by atoms with Crippen LogP contribution in [0.5, 0.6) is 5.75 Å². The molecule has 3 aliphatic rings. The Morgan fingerprint density at radius 2 is 1.80 bits per heavy atom. The van der Waals surface area contributed by atoms with Gasteiger partial charge in [-0.1, -0.05) is 33.0 Å². The number of fused-ring (bicyclic) bond motifs is 1. The van der Waals surface area contributed by atoms with Crippen molar-refractivity contribution in [3.05, 3.63) is 29.3 Å². The van der Waals surface area contributed by atoms with Gasteiger partial charge < -0.3 is 24.2 Å². The zero-order valence-electron chi connectivity index (χ0n) is 29.7. The molecule has 0 radical (unpaired) electrons. The Hall–Kier alpha value is -3.38. The first-order valence-electron chi connectivity index (χ1n) is 17.5. The fourth-order valence-corrected chi connectivity index (χ4v) is 7.69. The van der Waals surface area contributed by atoms with E-state index in [-0.39, 0.29) is 36.6 Å². The molecule has 3 unspecified atom stereocenters. The van der Waals surface area contributed by atoms with E-state index in [1.165, 1.54) is 6.07 Å². The molecule has 1 aromatic carbocycles. The maximum Gasteiger partial charge on any atom is 0.488 e. The van der Waals surface area contributed by atoms with E-state index in [9.17, 15) is 36.3 Å². The van der Waals surface area contributed by atoms with Crippen LogP contribution < -0.4 is 14.4 Å². The van der Waals surface area contributed by atoms with Crippen LogP contribution in [0, 0.1) is 11.3 Å². The van der Waals surface area contributed by atoms with Crippen molar-refractivity contribution in [2.45, 2.75) is 63.8 Å². The van der Waals surface area contributed by atoms with E-state index < -0.39 is 40.3 Å². The summed E-state index contributed by atoms with van der Waals surface area (Å²) in [5.74, 6) is -1.32. The molecule has 17 heteroatoms. The topological polar surface area (TPSA) is 147 Å². The predicted molar refractivity (Wildman–Crippen MR) is 194 cm³/mol. The number of amides is 3. The molecule has 0 bridgehead atoms. The molecule has 2 aliphatic heterocycles. The van der Waals surface area contributed by atoms with Crippen LogP contribution in [0.3, 0.4) is 0 Å². The second-order valence-corrected chi connectivity index (χ2v) is 15.5. The van der Waals surface area contributed by atoms with Gasteiger partial charge in [-0.05, 0) is 63.4 Å². The van der Waals surface area contributed by atoms with Crippen molar-refractivity contribution in [1.29, 1.82) is 5.26 Å². The van der Waals surface area contributed by atoms with Gasteiger partial charge in [-0.25, -0.2) is 4.39 Å². The smallest absolute Gasteiger partial charge is 0.374 e. The summed E-state index contributed by atoms with van der Waals surface area (Å²) >= 11 is 0. The second kappa shape index (κ2) is 17.9. The molecule has 0 aromatic heterocycles. The highest BCUT2D eigenvalue weighted by molar-refractivity contribution is 7.81. The van der Waals surface area contributed by atoms with Gasteiger partial charge >= 0.3 is 10.5 Å². The van der Waals surface area contributed by atoms with Crippen molar-refractivity contribution in [2.75, 3.05) is 83.9 Å². The van der Waals surface area contributed by atoms with Crippen LogP contribution in [0.25, 0.3) is 5.57 Å². The number of benzene rings is 1. The average molecular weight is 754 g/mol. The average Bonchev–Trinajstić information content (AvgIpc) is 3.41. The first-order chi connectivity index (χ1) is 24.1. The van der Waals surface area contributed by atoms with Gasteiger partial charge in [0.2, 0.25) is 11.8 Å². The molecule has 1 aliphatic carbocycles. The minimum atomic E-state index is -5.38. The third-order valence-corrected chi connectivity index (χ3v) is 10.2. The van der Waals surface area contributed by atoms with Crippen molar-refractivity contribution in [2.24, 2.45) is 0 Å². The molecule has 13 nitrogen and oxygen atoms in total. The van der Waals surface area contributed by atoms with Crippen molar-refractivity contribution in [1.82, 2.24) is 24.9 Å². The van der Waals surface area contributed by atoms with E-state index in [0.29, 0.717) is 49.4 Å². The number of hydrogen-bond acceptors (Lipinski definition) is 10. The van der Waals surface area contributed by atoms with Crippen LogP contribution in [-0.4, -0.2) is 136 Å². The van der Waals surface area contributed by atoms with Crippen LogP contribution in [0.4, 0.5) is 14.0 Å². The summed E-state index contributed by atoms with van der Waals surface area (Å²) in [7, 11) is -1.56. The number of allylic oxidation sites excluding steroid dienone is 1. The molecular weight excluding hydrogens is 703 g/mol. The lowest BCUT2D eigenvalue weighted by Gasteiger charge is -2.36. The van der Waals surface area contributed by atoms with E-state index in [2.05, 4.69) is 29.0 Å². The number of carbonyl (C=O) groups is 3. The first-order valence-corrected chi connectivity index (χ1v) is 19.4. The lowest BCUT2D eigenvalue weighted by molar-refractivity contribution is -0.134. The number of anilines is 1. The molecule has 2 fully saturated rings. The fourth-order valence-electron chi connectivity index (χ4n) is 6.91. The maximum absolute atomic E-state index is 14.5. The molecule has 2 heterocycles. The van der Waals surface area contributed by atoms with Crippen molar-refractivity contribution in [3.63, 3.8) is 0 Å². The monoisotopic (exact) mass is 753 g/mol. The zero-order valence-corrected chi connectivity index (χ0v) is 31.7. The third kappa shape index (κ3) is 11.3. The summed E-state index contributed by atoms with van der Waals surface area (Å²) in [6.07, 6.45) is 4.86. The standard InChI is InChI=1S/C34H50F2N7O6PS/c1-4-10-41(11-5-2)23-32(45)42-16-14-40(15-17-42)13-7-12-39(3)25-18-29-27(30(19-25)49-51(36,47)48)8-6-9-28(29)33(46)38-22-31(44)43-24-34(35,50)20-26(43)21-37/h9,18-19,26H,4-8,10-17,20,22-24,50H2,1-3H3,(H,38,46). The highest BCUT2D eigenvalue weighted by Crippen LogP contribution is 2.39. The Bertz CT molecular complexity index is 1610. The second-order valence-electron chi connectivity index (χ2n) is 13.5. The largest absolute Gasteiger partial charge is 0.488 e. The van der Waals surface area contributed by atoms with E-state index in [0.717, 1.165) is 56.9 Å². The van der Waals surface area contributed by atoms with Gasteiger partial charge in [-0.15, -0.1) is 0 Å². The highest BCUT2D eigenvalue weighted by Gasteiger charge is 2.43. The number of nitriles is 1. The van der Waals surface area contributed by atoms with E-state index in [1.54, 1.807) is 19.2 Å². The van der Waals surface area contributed by atoms with Crippen molar-refractivity contribution >= 4 is 48.7 Å². The number of nitrogens with one attached hydrogen (secondary N) is 1. The molecule has 3 atom stereocenters. The summed E-state index contributed by atoms with van der Waals surface area (Å²) in [5, 5.41) is 10.1. The van der Waals surface area contributed by atoms with E-state index in [4.69, 9.17) is 4.18 Å². The number of rotatable bonds is 16. The van der Waals surface area contributed by atoms with Crippen LogP contribution in [-0.2, 0) is 31.3 Å². The number of halogens is 2. The summed E-state index contributed by atoms with van der Waals surface area (Å²) in [4.78, 5) is 48.5. The minimum absolute atomic E-state index is 0.155. The Kier molecular flexibility index (Phi) is 14.2. The molecule has 0 saturated carbocycles. The number of alkyl halides is 1. The highest BCUT2D eigenvalue weighted by atomic mass is 32.3. The molecule has 282 valence electrons. The summed E-state index contributed by atoms with van der Waals surface area (Å²) < 4.78 is 56.2. The van der Waals surface area contributed by atoms with Gasteiger partial charge in [0.1, 0.15) is 11.5 Å². The number of likely N-dealkylation sites (tertiary alicyclic amines) is 1. The molecule has 3 amide bonds. The predicted octanol–water partition coefficient (Wildman–Crippen LogP) is 2.48. The number of nitrogens with zero attached hydrogens (tertiary/aromatic N) is 6. The quantitative estimate of drug-likeness (QED) is 0.198. The van der Waals surface area contributed by atoms with Gasteiger partial charge in [-0.3, -0.25) is 24.2 Å². The van der Waals surface area contributed by atoms with Crippen LogP contribution in [0.2, 0.25) is 0 Å². The van der Waals surface area contributed by atoms with Gasteiger partial charge in [-0.2, -0.15) is 13.7 Å². The Balaban J connectivity index is 1.38. The molecule has 51 heavy (non-hydrogen) atoms. The Morgan fingerprint density at radius 1 is 1.12 bits per heavy atom. The number of hydrogen-bond donors (Lipinski definition) is 1. The number of carbonyl (C=O) groups excluding carboxylic acids is 3. The van der Waals surface area contributed by atoms with Gasteiger partial charge in [0.25, 0.3) is 5.91 Å². The molecule has 0 spiro atoms. The van der Waals surface area contributed by atoms with Gasteiger partial charge in [0.15, 0.2) is 5.75 Å². The van der Waals surface area contributed by atoms with Crippen LogP contribution >= 0.6 is 9.24 Å². The third-order valence-electron chi connectivity index (χ3n) is 9.44. The molecule has 1 N–H and O–H groups in total. The van der Waals surface area contributed by atoms with E-state index >= 15 is 0 Å². The summed E-state index contributed by atoms with van der Waals surface area (Å²) in [5.41, 5.74) is 1.33. The zero-order chi connectivity index (χ0) is 37.3. The summed E-state index contributed by atoms with van der Waals surface area (Å²) in [6.45, 7) is 9.87. The van der Waals surface area contributed by atoms with Crippen LogP contribution in [0.1, 0.15) is 57.1 Å².